The minimum Gasteiger partial charge on any atom is -0.462 e. The van der Waals surface area contributed by atoms with Crippen LogP contribution in [-0.4, -0.2) is 96.7 Å². The Morgan fingerprint density at radius 3 is 0.694 bits per heavy atom. The first kappa shape index (κ1) is 96.1. The molecule has 0 aliphatic heterocycles. The zero-order valence-electron chi connectivity index (χ0n) is 64.1. The van der Waals surface area contributed by atoms with E-state index in [-0.39, 0.29) is 25.7 Å². The second-order valence-electron chi connectivity index (χ2n) is 29.4. The van der Waals surface area contributed by atoms with Crippen LogP contribution in [0.1, 0.15) is 414 Å². The fraction of sp³-hybridized carbons (Fsp3) is 0.949. The van der Waals surface area contributed by atoms with Crippen LogP contribution in [0.3, 0.4) is 0 Å². The SMILES string of the molecule is CCCCCCCCCCCCCCCCCCCCC(=O)OC[C@H](COP(=O)(O)OC[C@@H](O)COP(=O)(O)OC[C@@H](COC(=O)CCCCCCC)OC(=O)CCCCCCCCCCCCCCCCC(C)C)OC(=O)CCCCCCCCCCCCCCCCCC(C)C. The van der Waals surface area contributed by atoms with Crippen molar-refractivity contribution in [3.63, 3.8) is 0 Å². The van der Waals surface area contributed by atoms with Crippen LogP contribution in [0.25, 0.3) is 0 Å². The van der Waals surface area contributed by atoms with Crippen molar-refractivity contribution in [3.8, 4) is 0 Å². The Bertz CT molecular complexity index is 1890. The first-order valence-electron chi connectivity index (χ1n) is 41.0. The number of aliphatic hydroxyl groups is 1. The van der Waals surface area contributed by atoms with E-state index in [0.29, 0.717) is 25.7 Å². The van der Waals surface area contributed by atoms with Crippen LogP contribution in [0.4, 0.5) is 0 Å². The maximum atomic E-state index is 13.1. The van der Waals surface area contributed by atoms with Gasteiger partial charge in [-0.25, -0.2) is 9.13 Å². The number of phosphoric acid groups is 2. The van der Waals surface area contributed by atoms with Gasteiger partial charge in [0.15, 0.2) is 12.2 Å². The summed E-state index contributed by atoms with van der Waals surface area (Å²) in [5.41, 5.74) is 0. The normalized spacial score (nSPS) is 13.9. The zero-order valence-corrected chi connectivity index (χ0v) is 65.9. The number of aliphatic hydroxyl groups excluding tert-OH is 1. The van der Waals surface area contributed by atoms with Crippen LogP contribution in [0.15, 0.2) is 0 Å². The van der Waals surface area contributed by atoms with Crippen molar-refractivity contribution < 1.29 is 80.2 Å². The topological polar surface area (TPSA) is 237 Å². The molecule has 0 radical (unpaired) electrons. The van der Waals surface area contributed by atoms with E-state index in [1.807, 2.05) is 0 Å². The minimum absolute atomic E-state index is 0.107. The molecule has 98 heavy (non-hydrogen) atoms. The fourth-order valence-corrected chi connectivity index (χ4v) is 13.8. The lowest BCUT2D eigenvalue weighted by Gasteiger charge is -2.21. The molecule has 5 atom stereocenters. The van der Waals surface area contributed by atoms with Gasteiger partial charge in [0.05, 0.1) is 26.4 Å². The van der Waals surface area contributed by atoms with Gasteiger partial charge in [-0.3, -0.25) is 37.3 Å². The Labute approximate surface area is 600 Å². The summed E-state index contributed by atoms with van der Waals surface area (Å²) in [5.74, 6) is -0.524. The molecule has 0 bridgehead atoms. The van der Waals surface area contributed by atoms with Gasteiger partial charge < -0.3 is 33.8 Å². The van der Waals surface area contributed by atoms with Crippen molar-refractivity contribution in [3.05, 3.63) is 0 Å². The number of rotatable bonds is 78. The molecule has 19 heteroatoms. The smallest absolute Gasteiger partial charge is 0.462 e. The van der Waals surface area contributed by atoms with Crippen molar-refractivity contribution in [2.24, 2.45) is 11.8 Å². The lowest BCUT2D eigenvalue weighted by Crippen LogP contribution is -2.30. The van der Waals surface area contributed by atoms with Crippen LogP contribution in [0.2, 0.25) is 0 Å². The van der Waals surface area contributed by atoms with Crippen molar-refractivity contribution in [2.75, 3.05) is 39.6 Å². The third kappa shape index (κ3) is 72.4. The minimum atomic E-state index is -4.96. The van der Waals surface area contributed by atoms with Crippen LogP contribution in [0, 0.1) is 11.8 Å². The van der Waals surface area contributed by atoms with Gasteiger partial charge in [-0.05, 0) is 37.5 Å². The fourth-order valence-electron chi connectivity index (χ4n) is 12.2. The van der Waals surface area contributed by atoms with Crippen LogP contribution in [0.5, 0.6) is 0 Å². The maximum Gasteiger partial charge on any atom is 0.472 e. The van der Waals surface area contributed by atoms with Gasteiger partial charge in [-0.15, -0.1) is 0 Å². The highest BCUT2D eigenvalue weighted by Crippen LogP contribution is 2.45. The monoisotopic (exact) mass is 1440 g/mol. The summed E-state index contributed by atoms with van der Waals surface area (Å²) in [6.07, 6.45) is 60.1. The number of hydrogen-bond donors (Lipinski definition) is 3. The number of unbranched alkanes of at least 4 members (excludes halogenated alkanes) is 48. The summed E-state index contributed by atoms with van der Waals surface area (Å²) in [6.45, 7) is 9.58. The van der Waals surface area contributed by atoms with E-state index in [2.05, 4.69) is 41.5 Å². The Kier molecular flexibility index (Phi) is 69.3. The lowest BCUT2D eigenvalue weighted by atomic mass is 10.0. The second kappa shape index (κ2) is 70.7. The number of esters is 4. The Morgan fingerprint density at radius 2 is 0.469 bits per heavy atom. The van der Waals surface area contributed by atoms with Crippen LogP contribution >= 0.6 is 15.6 Å². The molecule has 0 saturated carbocycles. The van der Waals surface area contributed by atoms with Crippen molar-refractivity contribution in [1.82, 2.24) is 0 Å². The molecule has 17 nitrogen and oxygen atoms in total. The molecular formula is C79H154O17P2. The van der Waals surface area contributed by atoms with E-state index in [9.17, 15) is 43.2 Å². The largest absolute Gasteiger partial charge is 0.472 e. The Morgan fingerprint density at radius 1 is 0.276 bits per heavy atom. The van der Waals surface area contributed by atoms with E-state index in [4.69, 9.17) is 37.0 Å². The summed E-state index contributed by atoms with van der Waals surface area (Å²) in [4.78, 5) is 72.7. The molecule has 0 saturated heterocycles. The van der Waals surface area contributed by atoms with E-state index in [0.717, 1.165) is 108 Å². The molecule has 582 valence electrons. The third-order valence-corrected chi connectivity index (χ3v) is 20.4. The van der Waals surface area contributed by atoms with Gasteiger partial charge in [0, 0.05) is 25.7 Å². The van der Waals surface area contributed by atoms with Crippen LogP contribution in [-0.2, 0) is 65.4 Å². The molecule has 0 amide bonds. The number of ether oxygens (including phenoxy) is 4. The maximum absolute atomic E-state index is 13.1. The van der Waals surface area contributed by atoms with Gasteiger partial charge in [0.2, 0.25) is 0 Å². The molecule has 0 aliphatic rings. The molecule has 0 aromatic carbocycles. The molecule has 3 N–H and O–H groups in total. The summed E-state index contributed by atoms with van der Waals surface area (Å²) in [5, 5.41) is 10.6. The predicted octanol–water partition coefficient (Wildman–Crippen LogP) is 23.5. The quantitative estimate of drug-likeness (QED) is 0.0222. The number of hydrogen-bond acceptors (Lipinski definition) is 15. The zero-order chi connectivity index (χ0) is 72.1. The van der Waals surface area contributed by atoms with Crippen molar-refractivity contribution in [1.29, 1.82) is 0 Å². The molecule has 0 fully saturated rings. The average Bonchev–Trinajstić information content (AvgIpc) is 1.50. The van der Waals surface area contributed by atoms with Crippen molar-refractivity contribution >= 4 is 39.5 Å². The molecule has 0 aromatic heterocycles. The predicted molar refractivity (Wildman–Crippen MR) is 400 cm³/mol. The molecule has 0 spiro atoms. The summed E-state index contributed by atoms with van der Waals surface area (Å²) in [6, 6.07) is 0. The van der Waals surface area contributed by atoms with Gasteiger partial charge in [-0.2, -0.15) is 0 Å². The number of carbonyl (C=O) groups is 4. The molecule has 0 heterocycles. The van der Waals surface area contributed by atoms with Gasteiger partial charge in [-0.1, -0.05) is 363 Å². The first-order chi connectivity index (χ1) is 47.4. The van der Waals surface area contributed by atoms with Crippen LogP contribution < -0.4 is 0 Å². The molecule has 0 aliphatic carbocycles. The van der Waals surface area contributed by atoms with Gasteiger partial charge in [0.25, 0.3) is 0 Å². The van der Waals surface area contributed by atoms with E-state index >= 15 is 0 Å². The van der Waals surface area contributed by atoms with Crippen molar-refractivity contribution in [2.45, 2.75) is 432 Å². The molecule has 0 aromatic rings. The highest BCUT2D eigenvalue weighted by atomic mass is 31.2. The first-order valence-corrected chi connectivity index (χ1v) is 44.0. The van der Waals surface area contributed by atoms with E-state index in [1.165, 1.54) is 225 Å². The Hall–Kier alpha value is -1.94. The second-order valence-corrected chi connectivity index (χ2v) is 32.3. The summed E-state index contributed by atoms with van der Waals surface area (Å²) >= 11 is 0. The van der Waals surface area contributed by atoms with Gasteiger partial charge >= 0.3 is 39.5 Å². The number of phosphoric ester groups is 2. The van der Waals surface area contributed by atoms with Gasteiger partial charge in [0.1, 0.15) is 19.3 Å². The highest BCUT2D eigenvalue weighted by Gasteiger charge is 2.30. The van der Waals surface area contributed by atoms with E-state index < -0.39 is 97.5 Å². The molecule has 0 rings (SSSR count). The Balaban J connectivity index is 5.12. The molecular weight excluding hydrogens is 1280 g/mol. The lowest BCUT2D eigenvalue weighted by molar-refractivity contribution is -0.161. The van der Waals surface area contributed by atoms with E-state index in [1.54, 1.807) is 0 Å². The number of carbonyl (C=O) groups excluding carboxylic acids is 4. The highest BCUT2D eigenvalue weighted by molar-refractivity contribution is 7.47. The summed E-state index contributed by atoms with van der Waals surface area (Å²) < 4.78 is 68.4. The summed E-state index contributed by atoms with van der Waals surface area (Å²) in [7, 11) is -9.91. The average molecular weight is 1440 g/mol. The standard InChI is InChI=1S/C79H154O17P2/c1-7-9-11-13-14-15-16-17-18-19-20-23-29-34-39-44-50-56-62-77(82)90-68-75(96-79(84)64-58-51-45-40-35-30-24-21-22-27-32-37-42-48-53-59-71(3)4)70-94-98(87,88)92-66-73(80)65-91-97(85,86)93-69-74(67-89-76(81)61-55-47-12-10-8-2)95-78(83)63-57-52-46-41-36-31-26-25-28-33-38-43-49-54-60-72(5)6/h71-75,80H,7-70H2,1-6H3,(H,85,86)(H,87,88)/t73-,74+,75+/m0/s1. The molecule has 2 unspecified atom stereocenters. The third-order valence-electron chi connectivity index (χ3n) is 18.5.